The van der Waals surface area contributed by atoms with Crippen molar-refractivity contribution in [2.75, 3.05) is 20.8 Å². The lowest BCUT2D eigenvalue weighted by Crippen LogP contribution is -2.44. The highest BCUT2D eigenvalue weighted by Crippen LogP contribution is 2.03. The number of nitrogens with one attached hydrogen (secondary N) is 2. The molecule has 29 heavy (non-hydrogen) atoms. The lowest BCUT2D eigenvalue weighted by atomic mass is 10.1. The van der Waals surface area contributed by atoms with Crippen molar-refractivity contribution in [1.82, 2.24) is 10.6 Å². The van der Waals surface area contributed by atoms with Crippen LogP contribution < -0.4 is 10.6 Å². The molecule has 0 fully saturated rings. The van der Waals surface area contributed by atoms with Gasteiger partial charge in [0.15, 0.2) is 0 Å². The second kappa shape index (κ2) is 13.1. The van der Waals surface area contributed by atoms with Crippen molar-refractivity contribution >= 4 is 23.9 Å². The van der Waals surface area contributed by atoms with Crippen LogP contribution in [0.25, 0.3) is 0 Å². The third-order valence-electron chi connectivity index (χ3n) is 3.80. The van der Waals surface area contributed by atoms with Gasteiger partial charge in [-0.1, -0.05) is 30.3 Å². The smallest absolute Gasteiger partial charge is 0.407 e. The van der Waals surface area contributed by atoms with Crippen molar-refractivity contribution in [2.45, 2.75) is 38.0 Å². The van der Waals surface area contributed by atoms with Crippen LogP contribution >= 0.6 is 0 Å². The SMILES string of the molecule is COC(=O)CC[C@H](NC(=O)C[C@H](O)CNC(=O)OCc1ccccc1)C(=O)OC. The Morgan fingerprint density at radius 3 is 2.38 bits per heavy atom. The molecule has 0 aliphatic rings. The number of amides is 2. The average molecular weight is 410 g/mol. The van der Waals surface area contributed by atoms with Crippen LogP contribution in [-0.4, -0.2) is 62.0 Å². The van der Waals surface area contributed by atoms with E-state index in [4.69, 9.17) is 4.74 Å². The molecule has 0 saturated heterocycles. The van der Waals surface area contributed by atoms with Gasteiger partial charge in [-0.15, -0.1) is 0 Å². The zero-order valence-corrected chi connectivity index (χ0v) is 16.4. The molecule has 0 spiro atoms. The standard InChI is InChI=1S/C19H26N2O8/c1-27-17(24)9-8-15(18(25)28-2)21-16(23)10-14(22)11-20-19(26)29-12-13-6-4-3-5-7-13/h3-7,14-15,22H,8-12H2,1-2H3,(H,20,26)(H,21,23)/t14-,15-/m0/s1. The van der Waals surface area contributed by atoms with E-state index in [1.54, 1.807) is 12.1 Å². The quantitative estimate of drug-likeness (QED) is 0.349. The van der Waals surface area contributed by atoms with E-state index in [9.17, 15) is 24.3 Å². The molecular weight excluding hydrogens is 384 g/mol. The Bertz CT molecular complexity index is 680. The van der Waals surface area contributed by atoms with Crippen LogP contribution in [0.4, 0.5) is 4.79 Å². The molecule has 0 aromatic heterocycles. The summed E-state index contributed by atoms with van der Waals surface area (Å²) in [7, 11) is 2.36. The molecule has 2 amide bonds. The van der Waals surface area contributed by atoms with Crippen molar-refractivity contribution in [2.24, 2.45) is 0 Å². The minimum atomic E-state index is -1.20. The molecule has 1 aromatic rings. The number of hydrogen-bond acceptors (Lipinski definition) is 8. The summed E-state index contributed by atoms with van der Waals surface area (Å²) < 4.78 is 14.1. The van der Waals surface area contributed by atoms with Crippen LogP contribution in [0.5, 0.6) is 0 Å². The van der Waals surface area contributed by atoms with Gasteiger partial charge in [0.1, 0.15) is 12.6 Å². The Morgan fingerprint density at radius 2 is 1.76 bits per heavy atom. The van der Waals surface area contributed by atoms with Gasteiger partial charge in [-0.2, -0.15) is 0 Å². The van der Waals surface area contributed by atoms with E-state index in [1.165, 1.54) is 7.11 Å². The molecule has 0 saturated carbocycles. The summed E-state index contributed by atoms with van der Waals surface area (Å²) in [6.45, 7) is -0.143. The Balaban J connectivity index is 2.35. The second-order valence-corrected chi connectivity index (χ2v) is 6.06. The number of aliphatic hydroxyl groups excluding tert-OH is 1. The highest BCUT2D eigenvalue weighted by molar-refractivity contribution is 5.85. The predicted octanol–water partition coefficient (Wildman–Crippen LogP) is 0.275. The number of ether oxygens (including phenoxy) is 3. The molecule has 0 aliphatic heterocycles. The first-order valence-corrected chi connectivity index (χ1v) is 8.92. The first-order chi connectivity index (χ1) is 13.8. The number of methoxy groups -OCH3 is 2. The predicted molar refractivity (Wildman–Crippen MR) is 100 cm³/mol. The Labute approximate surface area is 168 Å². The fourth-order valence-corrected chi connectivity index (χ4v) is 2.27. The van der Waals surface area contributed by atoms with Crippen LogP contribution in [0, 0.1) is 0 Å². The number of carbonyl (C=O) groups excluding carboxylic acids is 4. The summed E-state index contributed by atoms with van der Waals surface area (Å²) in [5.74, 6) is -1.90. The van der Waals surface area contributed by atoms with Crippen molar-refractivity contribution in [1.29, 1.82) is 0 Å². The molecule has 160 valence electrons. The summed E-state index contributed by atoms with van der Waals surface area (Å²) >= 11 is 0. The molecule has 2 atom stereocenters. The van der Waals surface area contributed by atoms with Crippen LogP contribution in [0.1, 0.15) is 24.8 Å². The highest BCUT2D eigenvalue weighted by atomic mass is 16.5. The molecule has 0 unspecified atom stereocenters. The van der Waals surface area contributed by atoms with Crippen molar-refractivity contribution in [3.8, 4) is 0 Å². The largest absolute Gasteiger partial charge is 0.469 e. The topological polar surface area (TPSA) is 140 Å². The van der Waals surface area contributed by atoms with Crippen molar-refractivity contribution in [3.05, 3.63) is 35.9 Å². The monoisotopic (exact) mass is 410 g/mol. The Morgan fingerprint density at radius 1 is 1.07 bits per heavy atom. The van der Waals surface area contributed by atoms with Gasteiger partial charge < -0.3 is 30.0 Å². The summed E-state index contributed by atoms with van der Waals surface area (Å²) in [4.78, 5) is 46.6. The summed E-state index contributed by atoms with van der Waals surface area (Å²) in [6.07, 6.45) is -2.40. The van der Waals surface area contributed by atoms with Gasteiger partial charge in [0.05, 0.1) is 26.7 Å². The number of rotatable bonds is 11. The number of carbonyl (C=O) groups is 4. The minimum absolute atomic E-state index is 0.00869. The molecule has 1 aromatic carbocycles. The molecular formula is C19H26N2O8. The van der Waals surface area contributed by atoms with Gasteiger partial charge in [0, 0.05) is 13.0 Å². The van der Waals surface area contributed by atoms with Crippen LogP contribution in [0.3, 0.4) is 0 Å². The van der Waals surface area contributed by atoms with E-state index in [2.05, 4.69) is 20.1 Å². The van der Waals surface area contributed by atoms with E-state index in [0.717, 1.165) is 12.7 Å². The molecule has 0 aliphatic carbocycles. The molecule has 10 heteroatoms. The third-order valence-corrected chi connectivity index (χ3v) is 3.80. The van der Waals surface area contributed by atoms with Crippen LogP contribution in [0.15, 0.2) is 30.3 Å². The maximum atomic E-state index is 12.0. The van der Waals surface area contributed by atoms with Gasteiger partial charge >= 0.3 is 18.0 Å². The van der Waals surface area contributed by atoms with Gasteiger partial charge in [-0.25, -0.2) is 9.59 Å². The maximum Gasteiger partial charge on any atom is 0.407 e. The molecule has 3 N–H and O–H groups in total. The van der Waals surface area contributed by atoms with Gasteiger partial charge in [0.25, 0.3) is 0 Å². The lowest BCUT2D eigenvalue weighted by Gasteiger charge is -2.17. The summed E-state index contributed by atoms with van der Waals surface area (Å²) in [5.41, 5.74) is 0.809. The highest BCUT2D eigenvalue weighted by Gasteiger charge is 2.24. The summed E-state index contributed by atoms with van der Waals surface area (Å²) in [6, 6.07) is 8.00. The van der Waals surface area contributed by atoms with Crippen LogP contribution in [-0.2, 0) is 35.2 Å². The molecule has 0 radical (unpaired) electrons. The first kappa shape index (κ1) is 23.9. The molecule has 1 rings (SSSR count). The normalized spacial score (nSPS) is 12.2. The van der Waals surface area contributed by atoms with E-state index < -0.39 is 36.1 Å². The van der Waals surface area contributed by atoms with E-state index in [1.807, 2.05) is 18.2 Å². The average Bonchev–Trinajstić information content (AvgIpc) is 2.73. The fraction of sp³-hybridized carbons (Fsp3) is 0.474. The molecule has 0 heterocycles. The van der Waals surface area contributed by atoms with E-state index in [0.29, 0.717) is 0 Å². The first-order valence-electron chi connectivity index (χ1n) is 8.92. The van der Waals surface area contributed by atoms with Gasteiger partial charge in [-0.3, -0.25) is 9.59 Å². The number of hydrogen-bond donors (Lipinski definition) is 3. The zero-order valence-electron chi connectivity index (χ0n) is 16.4. The zero-order chi connectivity index (χ0) is 21.6. The second-order valence-electron chi connectivity index (χ2n) is 6.06. The lowest BCUT2D eigenvalue weighted by molar-refractivity contribution is -0.146. The van der Waals surface area contributed by atoms with Crippen molar-refractivity contribution in [3.63, 3.8) is 0 Å². The number of benzene rings is 1. The van der Waals surface area contributed by atoms with E-state index >= 15 is 0 Å². The molecule has 0 bridgehead atoms. The van der Waals surface area contributed by atoms with Crippen LogP contribution in [0.2, 0.25) is 0 Å². The van der Waals surface area contributed by atoms with E-state index in [-0.39, 0.29) is 32.4 Å². The van der Waals surface area contributed by atoms with Gasteiger partial charge in [-0.05, 0) is 12.0 Å². The van der Waals surface area contributed by atoms with Crippen molar-refractivity contribution < 1.29 is 38.5 Å². The summed E-state index contributed by atoms with van der Waals surface area (Å²) in [5, 5.41) is 14.6. The Kier molecular flexibility index (Phi) is 10.8. The number of esters is 2. The number of aliphatic hydroxyl groups is 1. The van der Waals surface area contributed by atoms with Gasteiger partial charge in [0.2, 0.25) is 5.91 Å². The minimum Gasteiger partial charge on any atom is -0.469 e. The molecule has 10 nitrogen and oxygen atoms in total. The third kappa shape index (κ3) is 10.1. The number of alkyl carbamates (subject to hydrolysis) is 1. The fourth-order valence-electron chi connectivity index (χ4n) is 2.27. The maximum absolute atomic E-state index is 12.0. The Hall–Kier alpha value is -3.14.